The number of thiocarbonyl (C=S) groups is 1. The van der Waals surface area contributed by atoms with Crippen LogP contribution < -0.4 is 10.6 Å². The van der Waals surface area contributed by atoms with Gasteiger partial charge in [-0.05, 0) is 42.5 Å². The van der Waals surface area contributed by atoms with E-state index < -0.39 is 11.6 Å². The average Bonchev–Trinajstić information content (AvgIpc) is 2.37. The third kappa shape index (κ3) is 3.56. The van der Waals surface area contributed by atoms with Crippen LogP contribution in [-0.4, -0.2) is 5.11 Å². The number of rotatable bonds is 2. The van der Waals surface area contributed by atoms with Gasteiger partial charge >= 0.3 is 0 Å². The lowest BCUT2D eigenvalue weighted by Gasteiger charge is -2.13. The first-order valence-electron chi connectivity index (χ1n) is 5.44. The third-order valence-corrected chi connectivity index (χ3v) is 3.13. The normalized spacial score (nSPS) is 10.2. The Hall–Kier alpha value is -1.43. The topological polar surface area (TPSA) is 24.1 Å². The average molecular weight is 333 g/mol. The summed E-state index contributed by atoms with van der Waals surface area (Å²) in [6.07, 6.45) is 0. The Morgan fingerprint density at radius 1 is 1.00 bits per heavy atom. The lowest BCUT2D eigenvalue weighted by molar-refractivity contribution is 0.591. The van der Waals surface area contributed by atoms with Crippen LogP contribution in [-0.2, 0) is 0 Å². The number of hydrogen-bond acceptors (Lipinski definition) is 1. The Kier molecular flexibility index (Phi) is 4.75. The van der Waals surface area contributed by atoms with Crippen molar-refractivity contribution in [2.24, 2.45) is 0 Å². The van der Waals surface area contributed by atoms with Gasteiger partial charge in [0.15, 0.2) is 5.11 Å². The molecule has 0 aliphatic carbocycles. The molecule has 0 aromatic heterocycles. The smallest absolute Gasteiger partial charge is 0.175 e. The molecule has 2 aromatic rings. The van der Waals surface area contributed by atoms with Crippen LogP contribution >= 0.6 is 35.4 Å². The number of halogens is 4. The van der Waals surface area contributed by atoms with Crippen LogP contribution in [0.1, 0.15) is 0 Å². The highest BCUT2D eigenvalue weighted by Gasteiger charge is 2.10. The molecule has 0 aliphatic heterocycles. The van der Waals surface area contributed by atoms with E-state index in [9.17, 15) is 8.78 Å². The minimum absolute atomic E-state index is 0.0122. The molecular weight excluding hydrogens is 325 g/mol. The Labute approximate surface area is 129 Å². The van der Waals surface area contributed by atoms with Gasteiger partial charge in [-0.25, -0.2) is 8.78 Å². The van der Waals surface area contributed by atoms with E-state index in [1.54, 1.807) is 12.1 Å². The van der Waals surface area contributed by atoms with Crippen molar-refractivity contribution in [2.45, 2.75) is 0 Å². The minimum atomic E-state index is -0.739. The molecule has 0 unspecified atom stereocenters. The molecule has 0 bridgehead atoms. The van der Waals surface area contributed by atoms with Crippen molar-refractivity contribution in [3.63, 3.8) is 0 Å². The number of benzene rings is 2. The van der Waals surface area contributed by atoms with Crippen LogP contribution in [0.5, 0.6) is 0 Å². The second-order valence-corrected chi connectivity index (χ2v) is 5.05. The lowest BCUT2D eigenvalue weighted by atomic mass is 10.3. The van der Waals surface area contributed by atoms with Gasteiger partial charge in [-0.15, -0.1) is 0 Å². The van der Waals surface area contributed by atoms with Gasteiger partial charge in [0.05, 0.1) is 10.7 Å². The second kappa shape index (κ2) is 6.35. The van der Waals surface area contributed by atoms with E-state index in [-0.39, 0.29) is 10.8 Å². The van der Waals surface area contributed by atoms with Gasteiger partial charge in [-0.1, -0.05) is 29.3 Å². The van der Waals surface area contributed by atoms with E-state index in [1.165, 1.54) is 12.1 Å². The van der Waals surface area contributed by atoms with Crippen molar-refractivity contribution < 1.29 is 8.78 Å². The molecule has 0 saturated heterocycles. The van der Waals surface area contributed by atoms with Crippen LogP contribution in [0, 0.1) is 11.6 Å². The van der Waals surface area contributed by atoms with E-state index in [0.29, 0.717) is 15.7 Å². The quantitative estimate of drug-likeness (QED) is 0.750. The first-order valence-corrected chi connectivity index (χ1v) is 6.61. The minimum Gasteiger partial charge on any atom is -0.331 e. The Balaban J connectivity index is 2.13. The van der Waals surface area contributed by atoms with E-state index >= 15 is 0 Å². The van der Waals surface area contributed by atoms with Crippen molar-refractivity contribution in [3.05, 3.63) is 58.1 Å². The van der Waals surface area contributed by atoms with E-state index in [0.717, 1.165) is 12.1 Å². The third-order valence-electron chi connectivity index (χ3n) is 2.38. The molecular formula is C13H8Cl2F2N2S. The summed E-state index contributed by atoms with van der Waals surface area (Å²) in [6.45, 7) is 0. The van der Waals surface area contributed by atoms with Crippen molar-refractivity contribution in [1.29, 1.82) is 0 Å². The highest BCUT2D eigenvalue weighted by Crippen LogP contribution is 2.26. The molecule has 7 heteroatoms. The van der Waals surface area contributed by atoms with Crippen molar-refractivity contribution in [1.82, 2.24) is 0 Å². The van der Waals surface area contributed by atoms with E-state index in [1.807, 2.05) is 0 Å². The fraction of sp³-hybridized carbons (Fsp3) is 0. The fourth-order valence-electron chi connectivity index (χ4n) is 1.48. The zero-order valence-electron chi connectivity index (χ0n) is 9.88. The van der Waals surface area contributed by atoms with Crippen LogP contribution in [0.2, 0.25) is 10.0 Å². The summed E-state index contributed by atoms with van der Waals surface area (Å²) in [5.41, 5.74) is 0.153. The van der Waals surface area contributed by atoms with Gasteiger partial charge in [0.25, 0.3) is 0 Å². The summed E-state index contributed by atoms with van der Waals surface area (Å²) in [4.78, 5) is 0. The molecule has 0 saturated carbocycles. The summed E-state index contributed by atoms with van der Waals surface area (Å²) < 4.78 is 26.9. The van der Waals surface area contributed by atoms with Crippen LogP contribution in [0.15, 0.2) is 36.4 Å². The van der Waals surface area contributed by atoms with E-state index in [2.05, 4.69) is 10.6 Å². The van der Waals surface area contributed by atoms with Gasteiger partial charge < -0.3 is 10.6 Å². The summed E-state index contributed by atoms with van der Waals surface area (Å²) in [6, 6.07) is 8.27. The Morgan fingerprint density at radius 3 is 2.25 bits per heavy atom. The van der Waals surface area contributed by atoms with E-state index in [4.69, 9.17) is 35.4 Å². The van der Waals surface area contributed by atoms with Crippen LogP contribution in [0.25, 0.3) is 0 Å². The molecule has 0 heterocycles. The highest BCUT2D eigenvalue weighted by atomic mass is 35.5. The molecule has 2 N–H and O–H groups in total. The second-order valence-electron chi connectivity index (χ2n) is 3.80. The standard InChI is InChI=1S/C13H8Cl2F2N2S/c14-7-4-5-11(8(15)6-7)18-13(20)19-12-9(16)2-1-3-10(12)17/h1-6H,(H2,18,19,20). The first kappa shape index (κ1) is 15.0. The van der Waals surface area contributed by atoms with Crippen molar-refractivity contribution in [2.75, 3.05) is 10.6 Å². The number of nitrogens with one attached hydrogen (secondary N) is 2. The molecule has 2 rings (SSSR count). The molecule has 0 aliphatic rings. The maximum atomic E-state index is 13.4. The summed E-state index contributed by atoms with van der Waals surface area (Å²) in [7, 11) is 0. The predicted molar refractivity (Wildman–Crippen MR) is 82.7 cm³/mol. The molecule has 104 valence electrons. The van der Waals surface area contributed by atoms with Gasteiger partial charge in [-0.3, -0.25) is 0 Å². The molecule has 0 atom stereocenters. The lowest BCUT2D eigenvalue weighted by Crippen LogP contribution is -2.20. The summed E-state index contributed by atoms with van der Waals surface area (Å²) >= 11 is 16.7. The monoisotopic (exact) mass is 332 g/mol. The predicted octanol–water partition coefficient (Wildman–Crippen LogP) is 5.08. The molecule has 2 nitrogen and oxygen atoms in total. The Morgan fingerprint density at radius 2 is 1.65 bits per heavy atom. The summed E-state index contributed by atoms with van der Waals surface area (Å²) in [5, 5.41) is 6.01. The zero-order chi connectivity index (χ0) is 14.7. The van der Waals surface area contributed by atoms with Crippen LogP contribution in [0.3, 0.4) is 0 Å². The maximum Gasteiger partial charge on any atom is 0.175 e. The largest absolute Gasteiger partial charge is 0.331 e. The molecule has 0 spiro atoms. The van der Waals surface area contributed by atoms with Crippen LogP contribution in [0.4, 0.5) is 20.2 Å². The SMILES string of the molecule is Fc1cccc(F)c1NC(=S)Nc1ccc(Cl)cc1Cl. The molecule has 0 radical (unpaired) electrons. The summed E-state index contributed by atoms with van der Waals surface area (Å²) in [5.74, 6) is -1.48. The zero-order valence-corrected chi connectivity index (χ0v) is 12.2. The Bertz CT molecular complexity index is 645. The number of para-hydroxylation sites is 1. The molecule has 2 aromatic carbocycles. The molecule has 0 amide bonds. The number of anilines is 2. The van der Waals surface area contributed by atoms with Gasteiger partial charge in [0, 0.05) is 5.02 Å². The van der Waals surface area contributed by atoms with Gasteiger partial charge in [0.2, 0.25) is 0 Å². The first-order chi connectivity index (χ1) is 9.47. The molecule has 20 heavy (non-hydrogen) atoms. The number of hydrogen-bond donors (Lipinski definition) is 2. The van der Waals surface area contributed by atoms with Gasteiger partial charge in [0.1, 0.15) is 17.3 Å². The fourth-order valence-corrected chi connectivity index (χ4v) is 2.14. The highest BCUT2D eigenvalue weighted by molar-refractivity contribution is 7.80. The van der Waals surface area contributed by atoms with Gasteiger partial charge in [-0.2, -0.15) is 0 Å². The van der Waals surface area contributed by atoms with Crippen molar-refractivity contribution >= 4 is 51.9 Å². The maximum absolute atomic E-state index is 13.4. The molecule has 0 fully saturated rings. The van der Waals surface area contributed by atoms with Crippen molar-refractivity contribution in [3.8, 4) is 0 Å².